The van der Waals surface area contributed by atoms with Crippen LogP contribution in [0.4, 0.5) is 18.9 Å². The molecule has 5 heterocycles. The van der Waals surface area contributed by atoms with Gasteiger partial charge in [0, 0.05) is 48.7 Å². The fourth-order valence-corrected chi connectivity index (χ4v) is 6.22. The molecule has 2 N–H and O–H groups in total. The maximum Gasteiger partial charge on any atom is 0.418 e. The monoisotopic (exact) mass is 541 g/mol. The quantitative estimate of drug-likeness (QED) is 0.545. The number of halogens is 3. The summed E-state index contributed by atoms with van der Waals surface area (Å²) < 4.78 is 48.2. The van der Waals surface area contributed by atoms with Crippen molar-refractivity contribution in [3.8, 4) is 0 Å². The van der Waals surface area contributed by atoms with Crippen molar-refractivity contribution in [2.45, 2.75) is 45.1 Å². The van der Waals surface area contributed by atoms with E-state index in [-0.39, 0.29) is 17.5 Å². The Morgan fingerprint density at radius 3 is 2.69 bits per heavy atom. The van der Waals surface area contributed by atoms with Gasteiger partial charge in [0.15, 0.2) is 0 Å². The van der Waals surface area contributed by atoms with Crippen molar-refractivity contribution in [1.82, 2.24) is 20.0 Å². The third kappa shape index (κ3) is 5.01. The van der Waals surface area contributed by atoms with Gasteiger partial charge >= 0.3 is 6.18 Å². The van der Waals surface area contributed by atoms with Crippen molar-refractivity contribution in [1.29, 1.82) is 0 Å². The van der Waals surface area contributed by atoms with Gasteiger partial charge in [-0.05, 0) is 67.1 Å². The van der Waals surface area contributed by atoms with Gasteiger partial charge < -0.3 is 19.6 Å². The molecule has 39 heavy (non-hydrogen) atoms. The van der Waals surface area contributed by atoms with Crippen LogP contribution in [0.25, 0.3) is 0 Å². The Morgan fingerprint density at radius 1 is 1.21 bits per heavy atom. The zero-order valence-corrected chi connectivity index (χ0v) is 22.2. The smallest absolute Gasteiger partial charge is 0.381 e. The average molecular weight is 542 g/mol. The molecule has 7 nitrogen and oxygen atoms in total. The summed E-state index contributed by atoms with van der Waals surface area (Å²) in [7, 11) is 0. The van der Waals surface area contributed by atoms with Gasteiger partial charge in [0.1, 0.15) is 0 Å². The van der Waals surface area contributed by atoms with E-state index < -0.39 is 18.1 Å². The summed E-state index contributed by atoms with van der Waals surface area (Å²) in [6.07, 6.45) is 2.43. The normalized spacial score (nSPS) is 25.1. The fraction of sp³-hybridized carbons (Fsp3) is 0.483. The van der Waals surface area contributed by atoms with Crippen molar-refractivity contribution in [3.05, 3.63) is 82.6 Å². The van der Waals surface area contributed by atoms with Crippen LogP contribution in [0.2, 0.25) is 0 Å². The topological polar surface area (TPSA) is 67.9 Å². The molecule has 1 unspecified atom stereocenters. The number of alkyl halides is 3. The number of aliphatic hydroxyl groups excluding tert-OH is 1. The van der Waals surface area contributed by atoms with Gasteiger partial charge in [0.05, 0.1) is 30.7 Å². The van der Waals surface area contributed by atoms with E-state index in [9.17, 15) is 18.3 Å². The van der Waals surface area contributed by atoms with Crippen molar-refractivity contribution in [2.75, 3.05) is 37.7 Å². The van der Waals surface area contributed by atoms with E-state index in [1.54, 1.807) is 12.4 Å². The lowest BCUT2D eigenvalue weighted by Gasteiger charge is -2.35. The predicted octanol–water partition coefficient (Wildman–Crippen LogP) is 4.85. The number of allylic oxidation sites excluding steroid dienone is 1. The first-order chi connectivity index (χ1) is 18.7. The Bertz CT molecular complexity index is 1310. The van der Waals surface area contributed by atoms with Gasteiger partial charge in [0.2, 0.25) is 6.35 Å². The highest BCUT2D eigenvalue weighted by atomic mass is 19.4. The van der Waals surface area contributed by atoms with E-state index in [1.165, 1.54) is 22.1 Å². The van der Waals surface area contributed by atoms with Crippen molar-refractivity contribution < 1.29 is 23.0 Å². The molecule has 10 heteroatoms. The number of aliphatic hydroxyl groups is 1. The lowest BCUT2D eigenvalue weighted by atomic mass is 9.81. The number of piperidine rings is 1. The fourth-order valence-electron chi connectivity index (χ4n) is 6.22. The Labute approximate surface area is 226 Å². The summed E-state index contributed by atoms with van der Waals surface area (Å²) in [6, 6.07) is 7.64. The van der Waals surface area contributed by atoms with Crippen LogP contribution in [0.5, 0.6) is 0 Å². The second-order valence-corrected chi connectivity index (χ2v) is 11.3. The number of fused-ring (bicyclic) bond motifs is 1. The van der Waals surface area contributed by atoms with Crippen molar-refractivity contribution >= 4 is 5.69 Å². The highest BCUT2D eigenvalue weighted by Crippen LogP contribution is 2.43. The van der Waals surface area contributed by atoms with E-state index in [0.717, 1.165) is 42.8 Å². The molecule has 4 aliphatic rings. The van der Waals surface area contributed by atoms with E-state index in [0.29, 0.717) is 36.9 Å². The summed E-state index contributed by atoms with van der Waals surface area (Å²) in [5.41, 5.74) is 3.41. The number of anilines is 1. The molecule has 2 aromatic rings. The van der Waals surface area contributed by atoms with Gasteiger partial charge in [-0.15, -0.1) is 0 Å². The maximum atomic E-state index is 14.3. The van der Waals surface area contributed by atoms with Gasteiger partial charge in [-0.25, -0.2) is 0 Å². The number of nitrogens with one attached hydrogen (secondary N) is 1. The van der Waals surface area contributed by atoms with Crippen LogP contribution in [0, 0.1) is 18.8 Å². The summed E-state index contributed by atoms with van der Waals surface area (Å²) in [5, 5.41) is 18.6. The van der Waals surface area contributed by atoms with Gasteiger partial charge in [0.25, 0.3) is 0 Å². The SMILES string of the molecule is Cc1cn[nH]c1[C@@H](c1cccc(N2C=C3C(C(F)(F)F)=CC(CN4CCC[C@H](C)C4)=CN3C2O)c1)C1COC1. The minimum Gasteiger partial charge on any atom is -0.381 e. The molecule has 6 rings (SSSR count). The third-order valence-electron chi connectivity index (χ3n) is 8.24. The first-order valence-electron chi connectivity index (χ1n) is 13.6. The molecule has 0 aliphatic carbocycles. The Kier molecular flexibility index (Phi) is 6.81. The van der Waals surface area contributed by atoms with Crippen molar-refractivity contribution in [2.24, 2.45) is 11.8 Å². The zero-order chi connectivity index (χ0) is 27.3. The van der Waals surface area contributed by atoms with E-state index >= 15 is 0 Å². The Hall–Kier alpha value is -3.08. The molecular weight excluding hydrogens is 507 g/mol. The number of rotatable bonds is 6. The summed E-state index contributed by atoms with van der Waals surface area (Å²) >= 11 is 0. The van der Waals surface area contributed by atoms with Crippen LogP contribution in [-0.4, -0.2) is 70.5 Å². The molecule has 208 valence electrons. The highest BCUT2D eigenvalue weighted by molar-refractivity contribution is 5.59. The predicted molar refractivity (Wildman–Crippen MR) is 141 cm³/mol. The van der Waals surface area contributed by atoms with Crippen LogP contribution in [-0.2, 0) is 4.74 Å². The van der Waals surface area contributed by atoms with E-state index in [4.69, 9.17) is 4.74 Å². The zero-order valence-electron chi connectivity index (χ0n) is 22.2. The molecule has 1 aromatic carbocycles. The van der Waals surface area contributed by atoms with E-state index in [1.807, 2.05) is 31.2 Å². The molecule has 3 atom stereocenters. The van der Waals surface area contributed by atoms with E-state index in [2.05, 4.69) is 22.0 Å². The number of hydrogen-bond acceptors (Lipinski definition) is 6. The van der Waals surface area contributed by atoms with Crippen LogP contribution in [0.15, 0.2) is 65.8 Å². The molecule has 0 saturated carbocycles. The Morgan fingerprint density at radius 2 is 2.03 bits per heavy atom. The number of aromatic amines is 1. The summed E-state index contributed by atoms with van der Waals surface area (Å²) in [6.45, 7) is 7.57. The second-order valence-electron chi connectivity index (χ2n) is 11.3. The van der Waals surface area contributed by atoms with Crippen LogP contribution in [0.1, 0.15) is 42.5 Å². The highest BCUT2D eigenvalue weighted by Gasteiger charge is 2.45. The number of H-pyrrole nitrogens is 1. The number of aromatic nitrogens is 2. The first kappa shape index (κ1) is 26.2. The number of ether oxygens (including phenoxy) is 1. The number of hydrogen-bond donors (Lipinski definition) is 2. The van der Waals surface area contributed by atoms with Gasteiger partial charge in [-0.3, -0.25) is 10.00 Å². The minimum atomic E-state index is -4.55. The standard InChI is InChI=1S/C29H34F3N5O2/c1-18-5-4-8-35(12-18)13-20-9-24(29(30,31)32)25-15-36(28(38)37(25)14-20)23-7-3-6-21(10-23)26(22-16-39-17-22)27-19(2)11-33-34-27/h3,6-7,9-11,14-15,18,22,26,28,38H,4-5,8,12-13,16-17H2,1-2H3,(H,33,34)/t18-,26-,28?/m0/s1. The average Bonchev–Trinajstić information content (AvgIpc) is 3.43. The third-order valence-corrected chi connectivity index (χ3v) is 8.24. The van der Waals surface area contributed by atoms with Crippen molar-refractivity contribution in [3.63, 3.8) is 0 Å². The van der Waals surface area contributed by atoms with Crippen LogP contribution in [0.3, 0.4) is 0 Å². The maximum absolute atomic E-state index is 14.3. The summed E-state index contributed by atoms with van der Waals surface area (Å²) in [5.74, 6) is 0.779. The lowest BCUT2D eigenvalue weighted by Crippen LogP contribution is -2.40. The van der Waals surface area contributed by atoms with Gasteiger partial charge in [-0.2, -0.15) is 18.3 Å². The molecule has 0 amide bonds. The molecule has 2 saturated heterocycles. The number of likely N-dealkylation sites (tertiary alicyclic amines) is 1. The molecule has 2 fully saturated rings. The number of aryl methyl sites for hydroxylation is 1. The molecule has 0 bridgehead atoms. The molecular formula is C29H34F3N5O2. The molecule has 0 radical (unpaired) electrons. The molecule has 4 aliphatic heterocycles. The molecule has 0 spiro atoms. The Balaban J connectivity index is 1.31. The number of benzene rings is 1. The minimum absolute atomic E-state index is 0.000229. The summed E-state index contributed by atoms with van der Waals surface area (Å²) in [4.78, 5) is 5.05. The second kappa shape index (κ2) is 10.1. The van der Waals surface area contributed by atoms with Gasteiger partial charge in [-0.1, -0.05) is 19.1 Å². The lowest BCUT2D eigenvalue weighted by molar-refractivity contribution is -0.0924. The first-order valence-corrected chi connectivity index (χ1v) is 13.6. The number of nitrogens with zero attached hydrogens (tertiary/aromatic N) is 4. The largest absolute Gasteiger partial charge is 0.418 e. The van der Waals surface area contributed by atoms with Crippen LogP contribution < -0.4 is 4.90 Å². The molecule has 1 aromatic heterocycles. The van der Waals surface area contributed by atoms with Crippen LogP contribution >= 0.6 is 0 Å².